The Hall–Kier alpha value is -2.17. The van der Waals surface area contributed by atoms with Gasteiger partial charge in [-0.2, -0.15) is 5.26 Å². The zero-order valence-corrected chi connectivity index (χ0v) is 13.4. The van der Waals surface area contributed by atoms with Crippen LogP contribution in [-0.2, 0) is 4.74 Å². The highest BCUT2D eigenvalue weighted by atomic mass is 32.1. The van der Waals surface area contributed by atoms with Crippen LogP contribution in [0.1, 0.15) is 25.9 Å². The lowest BCUT2D eigenvalue weighted by Gasteiger charge is -1.97. The lowest BCUT2D eigenvalue weighted by Crippen LogP contribution is -1.99. The maximum atomic E-state index is 11.6. The van der Waals surface area contributed by atoms with E-state index in [0.717, 1.165) is 16.3 Å². The first kappa shape index (κ1) is 15.2. The first-order valence-corrected chi connectivity index (χ1v) is 7.72. The van der Waals surface area contributed by atoms with Gasteiger partial charge in [0.1, 0.15) is 21.5 Å². The summed E-state index contributed by atoms with van der Waals surface area (Å²) in [6.07, 6.45) is 1.60. The first-order chi connectivity index (χ1) is 10.0. The normalized spacial score (nSPS) is 11.0. The lowest BCUT2D eigenvalue weighted by atomic mass is 10.3. The highest BCUT2D eigenvalue weighted by molar-refractivity contribution is 7.18. The van der Waals surface area contributed by atoms with Crippen molar-refractivity contribution in [2.24, 2.45) is 0 Å². The molecule has 2 heterocycles. The molecule has 0 aliphatic rings. The highest BCUT2D eigenvalue weighted by Crippen LogP contribution is 2.28. The summed E-state index contributed by atoms with van der Waals surface area (Å²) in [7, 11) is 1.35. The van der Waals surface area contributed by atoms with Crippen molar-refractivity contribution in [1.29, 1.82) is 5.26 Å². The van der Waals surface area contributed by atoms with Crippen molar-refractivity contribution in [1.82, 2.24) is 4.98 Å². The summed E-state index contributed by atoms with van der Waals surface area (Å²) in [4.78, 5) is 16.4. The smallest absolute Gasteiger partial charge is 0.348 e. The summed E-state index contributed by atoms with van der Waals surface area (Å²) in [6.45, 7) is 3.72. The number of anilines is 1. The molecule has 2 rings (SSSR count). The molecule has 0 saturated heterocycles. The molecule has 0 saturated carbocycles. The van der Waals surface area contributed by atoms with E-state index in [1.54, 1.807) is 6.20 Å². The van der Waals surface area contributed by atoms with Gasteiger partial charge in [0.15, 0.2) is 0 Å². The van der Waals surface area contributed by atoms with Gasteiger partial charge in [-0.1, -0.05) is 0 Å². The largest absolute Gasteiger partial charge is 0.465 e. The molecule has 0 spiro atoms. The van der Waals surface area contributed by atoms with Crippen LogP contribution in [0.15, 0.2) is 17.6 Å². The monoisotopic (exact) mass is 319 g/mol. The summed E-state index contributed by atoms with van der Waals surface area (Å²) in [5, 5.41) is 15.6. The van der Waals surface area contributed by atoms with Crippen molar-refractivity contribution < 1.29 is 9.53 Å². The molecule has 5 nitrogen and oxygen atoms in total. The summed E-state index contributed by atoms with van der Waals surface area (Å²) < 4.78 is 4.72. The fourth-order valence-electron chi connectivity index (χ4n) is 1.61. The van der Waals surface area contributed by atoms with E-state index in [-0.39, 0.29) is 5.97 Å². The Morgan fingerprint density at radius 3 is 2.86 bits per heavy atom. The number of thiophene rings is 1. The van der Waals surface area contributed by atoms with E-state index in [9.17, 15) is 10.1 Å². The van der Waals surface area contributed by atoms with Crippen molar-refractivity contribution in [2.45, 2.75) is 13.8 Å². The molecule has 2 aromatic heterocycles. The number of carbonyl (C=O) groups excluding carboxylic acids is 1. The van der Waals surface area contributed by atoms with Gasteiger partial charge in [-0.25, -0.2) is 9.78 Å². The maximum Gasteiger partial charge on any atom is 0.348 e. The summed E-state index contributed by atoms with van der Waals surface area (Å²) in [6, 6.07) is 3.96. The van der Waals surface area contributed by atoms with Crippen LogP contribution < -0.4 is 5.32 Å². The number of methoxy groups -OCH3 is 1. The standard InChI is InChI=1S/C14H13N3O2S2/c1-8-4-11(21-12(8)14(18)19-3)16-6-10(5-15)13-17-9(2)7-20-13/h4,6-7,16H,1-3H3/b10-6+. The molecule has 108 valence electrons. The number of rotatable bonds is 4. The van der Waals surface area contributed by atoms with E-state index in [1.807, 2.05) is 25.3 Å². The second-order valence-electron chi connectivity index (χ2n) is 4.22. The van der Waals surface area contributed by atoms with Crippen LogP contribution in [0.5, 0.6) is 0 Å². The Kier molecular flexibility index (Phi) is 4.73. The number of ether oxygens (including phenoxy) is 1. The van der Waals surface area contributed by atoms with Crippen LogP contribution in [0.2, 0.25) is 0 Å². The molecule has 7 heteroatoms. The number of nitriles is 1. The van der Waals surface area contributed by atoms with Crippen LogP contribution in [0.4, 0.5) is 5.00 Å². The van der Waals surface area contributed by atoms with Gasteiger partial charge < -0.3 is 10.1 Å². The fraction of sp³-hybridized carbons (Fsp3) is 0.214. The summed E-state index contributed by atoms with van der Waals surface area (Å²) in [5.74, 6) is -0.356. The molecule has 21 heavy (non-hydrogen) atoms. The molecule has 0 atom stereocenters. The second-order valence-corrected chi connectivity index (χ2v) is 6.13. The first-order valence-electron chi connectivity index (χ1n) is 6.03. The van der Waals surface area contributed by atoms with E-state index in [2.05, 4.69) is 16.4 Å². The molecule has 0 aliphatic carbocycles. The lowest BCUT2D eigenvalue weighted by molar-refractivity contribution is 0.0605. The molecule has 0 aliphatic heterocycles. The Morgan fingerprint density at radius 1 is 1.52 bits per heavy atom. The van der Waals surface area contributed by atoms with Crippen LogP contribution in [-0.4, -0.2) is 18.1 Å². The topological polar surface area (TPSA) is 75.0 Å². The minimum atomic E-state index is -0.356. The fourth-order valence-corrected chi connectivity index (χ4v) is 3.33. The molecular weight excluding hydrogens is 306 g/mol. The number of hydrogen-bond donors (Lipinski definition) is 1. The average Bonchev–Trinajstić information content (AvgIpc) is 3.05. The SMILES string of the molecule is COC(=O)c1sc(N/C=C(\C#N)c2nc(C)cs2)cc1C. The van der Waals surface area contributed by atoms with Crippen LogP contribution in [0.25, 0.3) is 5.57 Å². The number of carbonyl (C=O) groups is 1. The van der Waals surface area contributed by atoms with Gasteiger partial charge in [0.25, 0.3) is 0 Å². The molecule has 0 amide bonds. The average molecular weight is 319 g/mol. The number of nitrogens with zero attached hydrogens (tertiary/aromatic N) is 2. The van der Waals surface area contributed by atoms with Gasteiger partial charge in [-0.15, -0.1) is 22.7 Å². The summed E-state index contributed by atoms with van der Waals surface area (Å²) in [5.41, 5.74) is 2.18. The van der Waals surface area contributed by atoms with Crippen molar-refractivity contribution >= 4 is 39.2 Å². The third-order valence-corrected chi connectivity index (χ3v) is 4.76. The highest BCUT2D eigenvalue weighted by Gasteiger charge is 2.13. The number of nitrogens with one attached hydrogen (secondary N) is 1. The van der Waals surface area contributed by atoms with E-state index < -0.39 is 0 Å². The van der Waals surface area contributed by atoms with Crippen LogP contribution in [0, 0.1) is 25.2 Å². The van der Waals surface area contributed by atoms with E-state index in [4.69, 9.17) is 4.74 Å². The van der Waals surface area contributed by atoms with Gasteiger partial charge in [0, 0.05) is 17.3 Å². The predicted octanol–water partition coefficient (Wildman–Crippen LogP) is 3.58. The van der Waals surface area contributed by atoms with E-state index >= 15 is 0 Å². The molecule has 0 radical (unpaired) electrons. The Balaban J connectivity index is 2.20. The van der Waals surface area contributed by atoms with Gasteiger partial charge in [-0.05, 0) is 25.5 Å². The molecule has 1 N–H and O–H groups in total. The minimum absolute atomic E-state index is 0.356. The number of esters is 1. The molecule has 0 fully saturated rings. The number of hydrogen-bond acceptors (Lipinski definition) is 7. The van der Waals surface area contributed by atoms with Gasteiger partial charge in [0.05, 0.1) is 12.1 Å². The Labute approximate surface area is 130 Å². The zero-order valence-electron chi connectivity index (χ0n) is 11.8. The third kappa shape index (κ3) is 3.48. The number of aromatic nitrogens is 1. The molecule has 2 aromatic rings. The number of allylic oxidation sites excluding steroid dienone is 1. The number of thiazole rings is 1. The second kappa shape index (κ2) is 6.52. The van der Waals surface area contributed by atoms with Crippen molar-refractivity contribution in [2.75, 3.05) is 12.4 Å². The molecular formula is C14H13N3O2S2. The van der Waals surface area contributed by atoms with Crippen LogP contribution in [0.3, 0.4) is 0 Å². The van der Waals surface area contributed by atoms with Gasteiger partial charge in [-0.3, -0.25) is 0 Å². The van der Waals surface area contributed by atoms with E-state index in [0.29, 0.717) is 15.5 Å². The Morgan fingerprint density at radius 2 is 2.29 bits per heavy atom. The van der Waals surface area contributed by atoms with Gasteiger partial charge in [0.2, 0.25) is 0 Å². The number of aryl methyl sites for hydroxylation is 2. The van der Waals surface area contributed by atoms with Crippen molar-refractivity contribution in [3.8, 4) is 6.07 Å². The third-order valence-electron chi connectivity index (χ3n) is 2.62. The van der Waals surface area contributed by atoms with Crippen LogP contribution >= 0.6 is 22.7 Å². The molecule has 0 unspecified atom stereocenters. The zero-order chi connectivity index (χ0) is 15.4. The quantitative estimate of drug-likeness (QED) is 0.688. The Bertz CT molecular complexity index is 738. The summed E-state index contributed by atoms with van der Waals surface area (Å²) >= 11 is 2.71. The minimum Gasteiger partial charge on any atom is -0.465 e. The van der Waals surface area contributed by atoms with Gasteiger partial charge >= 0.3 is 5.97 Å². The molecule has 0 bridgehead atoms. The van der Waals surface area contributed by atoms with Crippen molar-refractivity contribution in [3.63, 3.8) is 0 Å². The van der Waals surface area contributed by atoms with Crippen molar-refractivity contribution in [3.05, 3.63) is 38.8 Å². The maximum absolute atomic E-state index is 11.6. The molecule has 0 aromatic carbocycles. The van der Waals surface area contributed by atoms with E-state index in [1.165, 1.54) is 29.8 Å². The predicted molar refractivity (Wildman–Crippen MR) is 84.5 cm³/mol.